The molecule has 0 saturated carbocycles. The highest BCUT2D eigenvalue weighted by molar-refractivity contribution is 6.27. The lowest BCUT2D eigenvalue weighted by molar-refractivity contribution is 0.555. The molecule has 3 heteroatoms. The number of nitrogens with zero attached hydrogens (tertiary/aromatic N) is 1. The summed E-state index contributed by atoms with van der Waals surface area (Å²) in [6.45, 7) is 5.56. The van der Waals surface area contributed by atoms with Crippen molar-refractivity contribution in [2.45, 2.75) is 32.0 Å². The molecule has 0 saturated heterocycles. The van der Waals surface area contributed by atoms with Gasteiger partial charge in [-0.25, -0.2) is 0 Å². The Morgan fingerprint density at radius 1 is 1.82 bits per heavy atom. The standard InChI is InChI=1S/C8H13BNO/c1-3-8(9-11)5-4-7(2)6-10/h8,11H,2-5H2,1H3/t8-/m0/s1. The van der Waals surface area contributed by atoms with Crippen LogP contribution < -0.4 is 0 Å². The smallest absolute Gasteiger partial charge is 0.290 e. The molecule has 0 heterocycles. The van der Waals surface area contributed by atoms with Crippen molar-refractivity contribution in [3.05, 3.63) is 12.2 Å². The average molecular weight is 150 g/mol. The normalized spacial score (nSPS) is 11.7. The Balaban J connectivity index is 3.52. The lowest BCUT2D eigenvalue weighted by Crippen LogP contribution is -2.01. The fourth-order valence-electron chi connectivity index (χ4n) is 0.800. The molecule has 1 atom stereocenters. The third-order valence-electron chi connectivity index (χ3n) is 1.71. The van der Waals surface area contributed by atoms with Crippen LogP contribution in [0.3, 0.4) is 0 Å². The van der Waals surface area contributed by atoms with Crippen LogP contribution in [0.1, 0.15) is 26.2 Å². The van der Waals surface area contributed by atoms with E-state index in [-0.39, 0.29) is 5.82 Å². The lowest BCUT2D eigenvalue weighted by Gasteiger charge is -2.07. The van der Waals surface area contributed by atoms with E-state index in [1.807, 2.05) is 13.0 Å². The van der Waals surface area contributed by atoms with Gasteiger partial charge in [0.25, 0.3) is 7.48 Å². The number of nitriles is 1. The van der Waals surface area contributed by atoms with Crippen LogP contribution >= 0.6 is 0 Å². The van der Waals surface area contributed by atoms with E-state index in [4.69, 9.17) is 10.3 Å². The van der Waals surface area contributed by atoms with Gasteiger partial charge in [0.05, 0.1) is 6.07 Å². The second-order valence-corrected chi connectivity index (χ2v) is 2.57. The van der Waals surface area contributed by atoms with Crippen molar-refractivity contribution < 1.29 is 5.02 Å². The Morgan fingerprint density at radius 3 is 2.82 bits per heavy atom. The van der Waals surface area contributed by atoms with E-state index in [1.54, 1.807) is 0 Å². The minimum atomic E-state index is 0.208. The van der Waals surface area contributed by atoms with Crippen molar-refractivity contribution in [3.8, 4) is 6.07 Å². The first-order valence-corrected chi connectivity index (χ1v) is 3.80. The zero-order chi connectivity index (χ0) is 8.69. The first-order valence-electron chi connectivity index (χ1n) is 3.80. The summed E-state index contributed by atoms with van der Waals surface area (Å²) in [5, 5.41) is 17.0. The van der Waals surface area contributed by atoms with E-state index in [0.29, 0.717) is 12.0 Å². The van der Waals surface area contributed by atoms with Crippen LogP contribution in [0.25, 0.3) is 0 Å². The fraction of sp³-hybridized carbons (Fsp3) is 0.625. The molecular formula is C8H13BNO. The molecule has 0 aromatic rings. The van der Waals surface area contributed by atoms with Gasteiger partial charge in [0.2, 0.25) is 0 Å². The minimum Gasteiger partial charge on any atom is -0.454 e. The van der Waals surface area contributed by atoms with E-state index in [2.05, 4.69) is 6.58 Å². The maximum Gasteiger partial charge on any atom is 0.290 e. The van der Waals surface area contributed by atoms with Gasteiger partial charge < -0.3 is 5.02 Å². The van der Waals surface area contributed by atoms with Gasteiger partial charge in [0.1, 0.15) is 0 Å². The Labute approximate surface area is 68.8 Å². The molecular weight excluding hydrogens is 137 g/mol. The highest BCUT2D eigenvalue weighted by atomic mass is 16.2. The van der Waals surface area contributed by atoms with Crippen molar-refractivity contribution in [1.82, 2.24) is 0 Å². The van der Waals surface area contributed by atoms with Gasteiger partial charge in [-0.1, -0.05) is 26.3 Å². The van der Waals surface area contributed by atoms with Crippen molar-refractivity contribution in [3.63, 3.8) is 0 Å². The minimum absolute atomic E-state index is 0.208. The Morgan fingerprint density at radius 2 is 2.45 bits per heavy atom. The molecule has 0 unspecified atom stereocenters. The number of rotatable bonds is 5. The monoisotopic (exact) mass is 150 g/mol. The van der Waals surface area contributed by atoms with Crippen molar-refractivity contribution in [1.29, 1.82) is 5.26 Å². The quantitative estimate of drug-likeness (QED) is 0.478. The Hall–Kier alpha value is -0.745. The summed E-state index contributed by atoms with van der Waals surface area (Å²) < 4.78 is 0. The molecule has 11 heavy (non-hydrogen) atoms. The molecule has 0 spiro atoms. The van der Waals surface area contributed by atoms with Crippen LogP contribution in [-0.2, 0) is 0 Å². The molecule has 0 aliphatic heterocycles. The van der Waals surface area contributed by atoms with Crippen LogP contribution in [0.2, 0.25) is 5.82 Å². The SMILES string of the molecule is C=C(C#N)CC[C@@H]([B]O)CC. The van der Waals surface area contributed by atoms with E-state index in [0.717, 1.165) is 12.8 Å². The molecule has 0 aromatic heterocycles. The maximum absolute atomic E-state index is 8.67. The summed E-state index contributed by atoms with van der Waals surface area (Å²) in [6.07, 6.45) is 2.42. The summed E-state index contributed by atoms with van der Waals surface area (Å²) in [5.41, 5.74) is 0.588. The molecule has 59 valence electrons. The lowest BCUT2D eigenvalue weighted by atomic mass is 9.75. The zero-order valence-electron chi connectivity index (χ0n) is 6.88. The van der Waals surface area contributed by atoms with Gasteiger partial charge in [-0.2, -0.15) is 5.26 Å². The molecule has 0 bridgehead atoms. The summed E-state index contributed by atoms with van der Waals surface area (Å²) in [7, 11) is 1.20. The predicted octanol–water partition coefficient (Wildman–Crippen LogP) is 1.66. The highest BCUT2D eigenvalue weighted by Gasteiger charge is 2.06. The maximum atomic E-state index is 8.67. The number of hydrogen-bond acceptors (Lipinski definition) is 2. The Kier molecular flexibility index (Phi) is 5.59. The van der Waals surface area contributed by atoms with Crippen molar-refractivity contribution in [2.75, 3.05) is 0 Å². The molecule has 0 aliphatic carbocycles. The summed E-state index contributed by atoms with van der Waals surface area (Å²) in [6, 6.07) is 1.98. The Bertz CT molecular complexity index is 158. The van der Waals surface area contributed by atoms with E-state index in [1.165, 1.54) is 7.48 Å². The summed E-state index contributed by atoms with van der Waals surface area (Å²) in [4.78, 5) is 0. The molecule has 0 fully saturated rings. The predicted molar refractivity (Wildman–Crippen MR) is 46.0 cm³/mol. The second kappa shape index (κ2) is 6.00. The van der Waals surface area contributed by atoms with Crippen LogP contribution in [0.15, 0.2) is 12.2 Å². The summed E-state index contributed by atoms with van der Waals surface area (Å²) >= 11 is 0. The zero-order valence-corrected chi connectivity index (χ0v) is 6.88. The van der Waals surface area contributed by atoms with Gasteiger partial charge in [-0.15, -0.1) is 0 Å². The summed E-state index contributed by atoms with van der Waals surface area (Å²) in [5.74, 6) is 0.208. The molecule has 0 rings (SSSR count). The molecule has 1 radical (unpaired) electrons. The molecule has 0 aliphatic rings. The van der Waals surface area contributed by atoms with Crippen LogP contribution in [0.4, 0.5) is 0 Å². The van der Waals surface area contributed by atoms with Gasteiger partial charge >= 0.3 is 0 Å². The van der Waals surface area contributed by atoms with Gasteiger partial charge in [0, 0.05) is 5.57 Å². The van der Waals surface area contributed by atoms with Gasteiger partial charge in [0.15, 0.2) is 0 Å². The van der Waals surface area contributed by atoms with Crippen molar-refractivity contribution >= 4 is 7.48 Å². The topological polar surface area (TPSA) is 44.0 Å². The first-order chi connectivity index (χ1) is 5.24. The van der Waals surface area contributed by atoms with E-state index in [9.17, 15) is 0 Å². The molecule has 0 aromatic carbocycles. The fourth-order valence-corrected chi connectivity index (χ4v) is 0.800. The second-order valence-electron chi connectivity index (χ2n) is 2.57. The van der Waals surface area contributed by atoms with Crippen LogP contribution in [-0.4, -0.2) is 12.5 Å². The molecule has 0 amide bonds. The number of allylic oxidation sites excluding steroid dienone is 1. The molecule has 2 nitrogen and oxygen atoms in total. The third kappa shape index (κ3) is 4.63. The van der Waals surface area contributed by atoms with E-state index < -0.39 is 0 Å². The first kappa shape index (κ1) is 10.3. The largest absolute Gasteiger partial charge is 0.454 e. The van der Waals surface area contributed by atoms with Gasteiger partial charge in [-0.3, -0.25) is 0 Å². The average Bonchev–Trinajstić information content (AvgIpc) is 2.06. The molecule has 1 N–H and O–H groups in total. The number of hydrogen-bond donors (Lipinski definition) is 1. The third-order valence-corrected chi connectivity index (χ3v) is 1.71. The van der Waals surface area contributed by atoms with Crippen molar-refractivity contribution in [2.24, 2.45) is 0 Å². The van der Waals surface area contributed by atoms with Crippen LogP contribution in [0, 0.1) is 11.3 Å². The van der Waals surface area contributed by atoms with Gasteiger partial charge in [-0.05, 0) is 12.2 Å². The van der Waals surface area contributed by atoms with E-state index >= 15 is 0 Å². The van der Waals surface area contributed by atoms with Crippen LogP contribution in [0.5, 0.6) is 0 Å². The highest BCUT2D eigenvalue weighted by Crippen LogP contribution is 2.17.